The van der Waals surface area contributed by atoms with Crippen LogP contribution in [0.4, 0.5) is 4.79 Å². The van der Waals surface area contributed by atoms with Crippen molar-refractivity contribution in [3.63, 3.8) is 0 Å². The fourth-order valence-electron chi connectivity index (χ4n) is 2.22. The molecule has 6 nitrogen and oxygen atoms in total. The van der Waals surface area contributed by atoms with Gasteiger partial charge in [-0.1, -0.05) is 30.3 Å². The van der Waals surface area contributed by atoms with Gasteiger partial charge in [0.2, 0.25) is 5.88 Å². The van der Waals surface area contributed by atoms with Crippen molar-refractivity contribution >= 4 is 6.16 Å². The molecular weight excluding hydrogens is 294 g/mol. The average molecular weight is 307 g/mol. The lowest BCUT2D eigenvalue weighted by atomic mass is 10.1. The number of hydrogen-bond acceptors (Lipinski definition) is 5. The first kappa shape index (κ1) is 14.6. The molecule has 3 rings (SSSR count). The van der Waals surface area contributed by atoms with Crippen LogP contribution < -0.4 is 4.74 Å². The highest BCUT2D eigenvalue weighted by Crippen LogP contribution is 2.28. The number of aromatic nitrogens is 3. The highest BCUT2D eigenvalue weighted by Gasteiger charge is 2.12. The van der Waals surface area contributed by atoms with E-state index in [1.165, 1.54) is 6.20 Å². The van der Waals surface area contributed by atoms with Crippen molar-refractivity contribution in [2.24, 2.45) is 0 Å². The number of rotatable bonds is 3. The van der Waals surface area contributed by atoms with E-state index >= 15 is 0 Å². The number of hydrogen-bond donors (Lipinski definition) is 1. The molecule has 2 aromatic heterocycles. The second-order valence-corrected chi connectivity index (χ2v) is 4.82. The van der Waals surface area contributed by atoms with Gasteiger partial charge < -0.3 is 9.84 Å². The minimum absolute atomic E-state index is 0.0575. The molecule has 0 aliphatic rings. The molecule has 0 saturated heterocycles. The van der Waals surface area contributed by atoms with Gasteiger partial charge >= 0.3 is 6.16 Å². The van der Waals surface area contributed by atoms with Crippen LogP contribution in [0.1, 0.15) is 5.56 Å². The van der Waals surface area contributed by atoms with Crippen LogP contribution in [0.15, 0.2) is 55.0 Å². The number of ether oxygens (including phenoxy) is 1. The largest absolute Gasteiger partial charge is 0.512 e. The number of carbonyl (C=O) groups is 1. The zero-order chi connectivity index (χ0) is 16.2. The summed E-state index contributed by atoms with van der Waals surface area (Å²) in [4.78, 5) is 23.3. The van der Waals surface area contributed by atoms with Crippen LogP contribution >= 0.6 is 0 Å². The summed E-state index contributed by atoms with van der Waals surface area (Å²) in [5.41, 5.74) is 3.09. The van der Waals surface area contributed by atoms with E-state index in [-0.39, 0.29) is 5.88 Å². The molecule has 0 saturated carbocycles. The molecule has 0 aliphatic heterocycles. The molecule has 0 radical (unpaired) electrons. The highest BCUT2D eigenvalue weighted by molar-refractivity contribution is 5.70. The molecule has 0 atom stereocenters. The van der Waals surface area contributed by atoms with Gasteiger partial charge in [-0.25, -0.2) is 19.7 Å². The van der Waals surface area contributed by atoms with Crippen molar-refractivity contribution in [1.82, 2.24) is 15.0 Å². The van der Waals surface area contributed by atoms with E-state index in [4.69, 9.17) is 5.11 Å². The van der Waals surface area contributed by atoms with E-state index in [9.17, 15) is 4.79 Å². The summed E-state index contributed by atoms with van der Waals surface area (Å²) >= 11 is 0. The Morgan fingerprint density at radius 1 is 1.00 bits per heavy atom. The number of nitrogens with zero attached hydrogens (tertiary/aromatic N) is 3. The Hall–Kier alpha value is -3.28. The molecule has 1 aromatic carbocycles. The van der Waals surface area contributed by atoms with Crippen molar-refractivity contribution in [2.75, 3.05) is 0 Å². The first-order valence-corrected chi connectivity index (χ1v) is 6.89. The highest BCUT2D eigenvalue weighted by atomic mass is 16.7. The summed E-state index contributed by atoms with van der Waals surface area (Å²) < 4.78 is 4.66. The second kappa shape index (κ2) is 6.23. The van der Waals surface area contributed by atoms with E-state index in [1.54, 1.807) is 25.4 Å². The number of carboxylic acid groups (broad SMARTS) is 1. The molecule has 0 spiro atoms. The summed E-state index contributed by atoms with van der Waals surface area (Å²) in [5, 5.41) is 8.73. The maximum Gasteiger partial charge on any atom is 0.512 e. The fourth-order valence-corrected chi connectivity index (χ4v) is 2.22. The quantitative estimate of drug-likeness (QED) is 0.744. The summed E-state index contributed by atoms with van der Waals surface area (Å²) in [7, 11) is 0. The van der Waals surface area contributed by atoms with Crippen LogP contribution in [0.25, 0.3) is 22.5 Å². The monoisotopic (exact) mass is 307 g/mol. The van der Waals surface area contributed by atoms with Gasteiger partial charge in [0.1, 0.15) is 0 Å². The fraction of sp³-hybridized carbons (Fsp3) is 0.0588. The summed E-state index contributed by atoms with van der Waals surface area (Å²) in [5.74, 6) is 0.685. The Kier molecular flexibility index (Phi) is 3.97. The summed E-state index contributed by atoms with van der Waals surface area (Å²) in [6, 6.07) is 11.4. The van der Waals surface area contributed by atoms with E-state index in [0.29, 0.717) is 11.4 Å². The lowest BCUT2D eigenvalue weighted by Gasteiger charge is -2.09. The zero-order valence-corrected chi connectivity index (χ0v) is 12.3. The molecule has 0 bridgehead atoms. The van der Waals surface area contributed by atoms with Crippen molar-refractivity contribution in [1.29, 1.82) is 0 Å². The normalized spacial score (nSPS) is 10.3. The predicted octanol–water partition coefficient (Wildman–Crippen LogP) is 3.57. The number of pyridine rings is 1. The Morgan fingerprint density at radius 3 is 2.35 bits per heavy atom. The van der Waals surface area contributed by atoms with Gasteiger partial charge in [0.25, 0.3) is 0 Å². The maximum atomic E-state index is 10.7. The molecule has 1 N–H and O–H groups in total. The Labute approximate surface area is 132 Å². The standard InChI is InChI=1S/C17H13N3O3/c1-11-14(7-8-18-16(11)23-17(21)22)13-9-19-15(20-10-13)12-5-3-2-4-6-12/h2-10H,1H3,(H,21,22). The zero-order valence-electron chi connectivity index (χ0n) is 12.3. The molecule has 23 heavy (non-hydrogen) atoms. The molecule has 0 fully saturated rings. The van der Waals surface area contributed by atoms with E-state index < -0.39 is 6.16 Å². The third-order valence-corrected chi connectivity index (χ3v) is 3.34. The van der Waals surface area contributed by atoms with Crippen molar-refractivity contribution in [2.45, 2.75) is 6.92 Å². The van der Waals surface area contributed by atoms with Crippen molar-refractivity contribution < 1.29 is 14.6 Å². The predicted molar refractivity (Wildman–Crippen MR) is 84.1 cm³/mol. The van der Waals surface area contributed by atoms with Gasteiger partial charge in [0.05, 0.1) is 0 Å². The smallest absolute Gasteiger partial charge is 0.449 e. The van der Waals surface area contributed by atoms with Gasteiger partial charge in [-0.05, 0) is 18.6 Å². The molecule has 0 unspecified atom stereocenters. The Balaban J connectivity index is 1.95. The van der Waals surface area contributed by atoms with Crippen molar-refractivity contribution in [3.8, 4) is 28.4 Å². The SMILES string of the molecule is Cc1c(-c2cnc(-c3ccccc3)nc2)ccnc1OC(=O)O. The molecular formula is C17H13N3O3. The molecule has 2 heterocycles. The topological polar surface area (TPSA) is 85.2 Å². The molecule has 0 aliphatic carbocycles. The van der Waals surface area contributed by atoms with Gasteiger partial charge in [-0.15, -0.1) is 0 Å². The lowest BCUT2D eigenvalue weighted by molar-refractivity contribution is 0.142. The van der Waals surface area contributed by atoms with Gasteiger partial charge in [-0.2, -0.15) is 0 Å². The Bertz CT molecular complexity index is 833. The minimum Gasteiger partial charge on any atom is -0.449 e. The third kappa shape index (κ3) is 3.16. The average Bonchev–Trinajstić information content (AvgIpc) is 2.57. The first-order chi connectivity index (χ1) is 11.1. The van der Waals surface area contributed by atoms with Crippen LogP contribution in [0.3, 0.4) is 0 Å². The van der Waals surface area contributed by atoms with Crippen LogP contribution in [0, 0.1) is 6.92 Å². The van der Waals surface area contributed by atoms with Crippen LogP contribution in [0.2, 0.25) is 0 Å². The molecule has 0 amide bonds. The van der Waals surface area contributed by atoms with Gasteiger partial charge in [0, 0.05) is 35.3 Å². The van der Waals surface area contributed by atoms with E-state index in [1.807, 2.05) is 30.3 Å². The van der Waals surface area contributed by atoms with E-state index in [0.717, 1.165) is 16.7 Å². The first-order valence-electron chi connectivity index (χ1n) is 6.89. The summed E-state index contributed by atoms with van der Waals surface area (Å²) in [6.45, 7) is 1.74. The van der Waals surface area contributed by atoms with Crippen molar-refractivity contribution in [3.05, 3.63) is 60.6 Å². The summed E-state index contributed by atoms with van der Waals surface area (Å²) in [6.07, 6.45) is 3.49. The maximum absolute atomic E-state index is 10.7. The lowest BCUT2D eigenvalue weighted by Crippen LogP contribution is -2.06. The molecule has 3 aromatic rings. The Morgan fingerprint density at radius 2 is 1.70 bits per heavy atom. The van der Waals surface area contributed by atoms with Gasteiger partial charge in [0.15, 0.2) is 5.82 Å². The number of benzene rings is 1. The minimum atomic E-state index is -1.39. The van der Waals surface area contributed by atoms with E-state index in [2.05, 4.69) is 19.7 Å². The van der Waals surface area contributed by atoms with Gasteiger partial charge in [-0.3, -0.25) is 0 Å². The van der Waals surface area contributed by atoms with Crippen LogP contribution in [-0.2, 0) is 0 Å². The molecule has 6 heteroatoms. The third-order valence-electron chi connectivity index (χ3n) is 3.34. The van der Waals surface area contributed by atoms with Crippen LogP contribution in [0.5, 0.6) is 5.88 Å². The second-order valence-electron chi connectivity index (χ2n) is 4.82. The van der Waals surface area contributed by atoms with Crippen LogP contribution in [-0.4, -0.2) is 26.2 Å². The molecule has 114 valence electrons.